The molecule has 0 radical (unpaired) electrons. The van der Waals surface area contributed by atoms with Gasteiger partial charge < -0.3 is 10.8 Å². The number of nitrogens with zero attached hydrogens (tertiary/aromatic N) is 5. The summed E-state index contributed by atoms with van der Waals surface area (Å²) >= 11 is 0. The lowest BCUT2D eigenvalue weighted by Crippen LogP contribution is -2.38. The van der Waals surface area contributed by atoms with Gasteiger partial charge in [-0.1, -0.05) is 6.07 Å². The van der Waals surface area contributed by atoms with Gasteiger partial charge in [0, 0.05) is 24.8 Å². The van der Waals surface area contributed by atoms with Gasteiger partial charge in [-0.15, -0.1) is 0 Å². The second kappa shape index (κ2) is 9.36. The molecule has 0 spiro atoms. The van der Waals surface area contributed by atoms with Crippen LogP contribution in [0.4, 0.5) is 19.0 Å². The van der Waals surface area contributed by atoms with E-state index in [0.717, 1.165) is 16.3 Å². The van der Waals surface area contributed by atoms with E-state index in [0.29, 0.717) is 36.9 Å². The number of benzene rings is 1. The first-order chi connectivity index (χ1) is 17.8. The van der Waals surface area contributed by atoms with Crippen LogP contribution >= 0.6 is 0 Å². The van der Waals surface area contributed by atoms with E-state index in [1.807, 2.05) is 6.92 Å². The van der Waals surface area contributed by atoms with Crippen molar-refractivity contribution < 1.29 is 26.7 Å². The zero-order valence-corrected chi connectivity index (χ0v) is 21.4. The Kier molecular flexibility index (Phi) is 6.44. The summed E-state index contributed by atoms with van der Waals surface area (Å²) in [6, 6.07) is 5.34. The van der Waals surface area contributed by atoms with Crippen molar-refractivity contribution in [2.45, 2.75) is 55.8 Å². The maximum absolute atomic E-state index is 13.2. The summed E-state index contributed by atoms with van der Waals surface area (Å²) in [5.74, 6) is -0.00825. The maximum Gasteiger partial charge on any atom is 0.435 e. The van der Waals surface area contributed by atoms with Crippen molar-refractivity contribution in [1.29, 1.82) is 0 Å². The van der Waals surface area contributed by atoms with E-state index in [2.05, 4.69) is 19.8 Å². The monoisotopic (exact) mass is 549 g/mol. The molecule has 0 atom stereocenters. The molecule has 3 aromatic heterocycles. The molecule has 1 aromatic carbocycles. The van der Waals surface area contributed by atoms with Crippen LogP contribution in [0.25, 0.3) is 28.3 Å². The fourth-order valence-corrected chi connectivity index (χ4v) is 6.04. The van der Waals surface area contributed by atoms with E-state index in [1.54, 1.807) is 10.5 Å². The number of rotatable bonds is 5. The minimum atomic E-state index is -4.62. The van der Waals surface area contributed by atoms with E-state index in [4.69, 9.17) is 5.73 Å². The van der Waals surface area contributed by atoms with Crippen molar-refractivity contribution in [3.05, 3.63) is 47.9 Å². The summed E-state index contributed by atoms with van der Waals surface area (Å²) in [4.78, 5) is 8.60. The van der Waals surface area contributed by atoms with Crippen LogP contribution in [0, 0.1) is 6.92 Å². The average molecular weight is 550 g/mol. The number of hydrogen-bond donors (Lipinski definition) is 3. The molecular formula is C24H26F3N7O3S. The van der Waals surface area contributed by atoms with Crippen molar-refractivity contribution in [3.63, 3.8) is 0 Å². The Hall–Kier alpha value is -3.49. The fourth-order valence-electron chi connectivity index (χ4n) is 4.71. The van der Waals surface area contributed by atoms with Crippen LogP contribution in [0.1, 0.15) is 36.9 Å². The second-order valence-corrected chi connectivity index (χ2v) is 11.2. The van der Waals surface area contributed by atoms with Crippen molar-refractivity contribution >= 4 is 21.5 Å². The fraction of sp³-hybridized carbons (Fsp3) is 0.375. The second-order valence-electron chi connectivity index (χ2n) is 9.49. The Morgan fingerprint density at radius 3 is 2.50 bits per heavy atom. The summed E-state index contributed by atoms with van der Waals surface area (Å²) < 4.78 is 71.3. The van der Waals surface area contributed by atoms with Gasteiger partial charge in [-0.2, -0.15) is 18.3 Å². The first-order valence-corrected chi connectivity index (χ1v) is 13.4. The molecule has 4 N–H and O–H groups in total. The van der Waals surface area contributed by atoms with Crippen LogP contribution < -0.4 is 10.5 Å². The Morgan fingerprint density at radius 2 is 1.84 bits per heavy atom. The van der Waals surface area contributed by atoms with Crippen molar-refractivity contribution in [2.24, 2.45) is 7.05 Å². The molecule has 3 heterocycles. The molecule has 0 unspecified atom stereocenters. The minimum Gasteiger partial charge on any atom is -0.393 e. The molecule has 0 saturated heterocycles. The van der Waals surface area contributed by atoms with Gasteiger partial charge >= 0.3 is 6.18 Å². The number of aliphatic hydroxyl groups is 1. The molecule has 1 aliphatic rings. The van der Waals surface area contributed by atoms with Gasteiger partial charge in [0.25, 0.3) is 0 Å². The number of aryl methyl sites for hydroxylation is 2. The molecule has 4 aromatic rings. The Labute approximate surface area is 216 Å². The third-order valence-electron chi connectivity index (χ3n) is 6.76. The van der Waals surface area contributed by atoms with Gasteiger partial charge in [-0.05, 0) is 56.4 Å². The minimum absolute atomic E-state index is 0.00825. The van der Waals surface area contributed by atoms with Gasteiger partial charge in [0.15, 0.2) is 17.2 Å². The smallest absolute Gasteiger partial charge is 0.393 e. The van der Waals surface area contributed by atoms with Crippen LogP contribution in [0.2, 0.25) is 0 Å². The lowest BCUT2D eigenvalue weighted by atomic mass is 9.94. The highest BCUT2D eigenvalue weighted by Gasteiger charge is 2.35. The molecule has 10 nitrogen and oxygen atoms in total. The molecule has 14 heteroatoms. The number of aromatic nitrogens is 5. The molecule has 1 saturated carbocycles. The topological polar surface area (TPSA) is 140 Å². The third-order valence-corrected chi connectivity index (χ3v) is 8.28. The van der Waals surface area contributed by atoms with Gasteiger partial charge in [0.2, 0.25) is 10.0 Å². The van der Waals surface area contributed by atoms with Crippen LogP contribution in [0.5, 0.6) is 0 Å². The van der Waals surface area contributed by atoms with Crippen LogP contribution in [0.3, 0.4) is 0 Å². The van der Waals surface area contributed by atoms with Crippen LogP contribution in [0.15, 0.2) is 41.6 Å². The van der Waals surface area contributed by atoms with Gasteiger partial charge in [-0.25, -0.2) is 23.1 Å². The summed E-state index contributed by atoms with van der Waals surface area (Å²) in [7, 11) is -2.48. The predicted molar refractivity (Wildman–Crippen MR) is 133 cm³/mol. The number of fused-ring (bicyclic) bond motifs is 1. The third kappa shape index (κ3) is 4.86. The number of halogens is 3. The molecule has 202 valence electrons. The molecule has 0 aliphatic heterocycles. The highest BCUT2D eigenvalue weighted by Crippen LogP contribution is 2.33. The standard InChI is InChI=1S/C24H26F3N7O3S/c1-13-3-8-16(38(36,37)32-14-4-6-15(35)7-5-14)9-17(13)20-11-29-23-22(28)30-18(12-34(20)23)19-10-21(24(25,26)27)31-33(19)2/h3,8-12,14-15,32,35H,4-7H2,1-2H3,(H2,28,30). The summed E-state index contributed by atoms with van der Waals surface area (Å²) in [6.07, 6.45) is 0.139. The van der Waals surface area contributed by atoms with Crippen LogP contribution in [-0.4, -0.2) is 49.8 Å². The van der Waals surface area contributed by atoms with Crippen molar-refractivity contribution in [3.8, 4) is 22.6 Å². The number of anilines is 1. The quantitative estimate of drug-likeness (QED) is 0.347. The molecular weight excluding hydrogens is 523 g/mol. The number of nitrogen functional groups attached to an aromatic ring is 1. The SMILES string of the molecule is Cc1ccc(S(=O)(=O)NC2CCC(O)CC2)cc1-c1cnc2c(N)nc(-c3cc(C(F)(F)F)nn3C)cn12. The van der Waals surface area contributed by atoms with Crippen molar-refractivity contribution in [1.82, 2.24) is 28.9 Å². The number of sulfonamides is 1. The lowest BCUT2D eigenvalue weighted by Gasteiger charge is -2.26. The van der Waals surface area contributed by atoms with E-state index >= 15 is 0 Å². The zero-order chi connectivity index (χ0) is 27.4. The average Bonchev–Trinajstić information content (AvgIpc) is 3.44. The highest BCUT2D eigenvalue weighted by atomic mass is 32.2. The summed E-state index contributed by atoms with van der Waals surface area (Å²) in [6.45, 7) is 1.81. The van der Waals surface area contributed by atoms with Crippen LogP contribution in [-0.2, 0) is 23.2 Å². The number of aliphatic hydroxyl groups excluding tert-OH is 1. The predicted octanol–water partition coefficient (Wildman–Crippen LogP) is 3.29. The maximum atomic E-state index is 13.2. The number of nitrogens with one attached hydrogen (secondary N) is 1. The molecule has 38 heavy (non-hydrogen) atoms. The number of hydrogen-bond acceptors (Lipinski definition) is 7. The normalized spacial score (nSPS) is 18.8. The first kappa shape index (κ1) is 26.1. The van der Waals surface area contributed by atoms with Gasteiger partial charge in [0.1, 0.15) is 5.69 Å². The summed E-state index contributed by atoms with van der Waals surface area (Å²) in [5, 5.41) is 13.3. The van der Waals surface area contributed by atoms with Gasteiger partial charge in [0.05, 0.1) is 28.6 Å². The van der Waals surface area contributed by atoms with Crippen molar-refractivity contribution in [2.75, 3.05) is 5.73 Å². The molecule has 1 aliphatic carbocycles. The Bertz CT molecular complexity index is 1620. The highest BCUT2D eigenvalue weighted by molar-refractivity contribution is 7.89. The van der Waals surface area contributed by atoms with E-state index < -0.39 is 28.0 Å². The number of imidazole rings is 1. The number of nitrogens with two attached hydrogens (primary N) is 1. The Balaban J connectivity index is 1.56. The first-order valence-electron chi connectivity index (χ1n) is 11.9. The number of alkyl halides is 3. The zero-order valence-electron chi connectivity index (χ0n) is 20.6. The molecule has 0 amide bonds. The molecule has 5 rings (SSSR count). The molecule has 1 fully saturated rings. The Morgan fingerprint density at radius 1 is 1.13 bits per heavy atom. The van der Waals surface area contributed by atoms with E-state index in [1.165, 1.54) is 31.6 Å². The molecule has 0 bridgehead atoms. The van der Waals surface area contributed by atoms with E-state index in [-0.39, 0.29) is 33.8 Å². The largest absolute Gasteiger partial charge is 0.435 e. The van der Waals surface area contributed by atoms with E-state index in [9.17, 15) is 26.7 Å². The summed E-state index contributed by atoms with van der Waals surface area (Å²) in [5.41, 5.74) is 7.36. The lowest BCUT2D eigenvalue weighted by molar-refractivity contribution is -0.141. The van der Waals surface area contributed by atoms with Gasteiger partial charge in [-0.3, -0.25) is 9.08 Å².